The van der Waals surface area contributed by atoms with E-state index in [1.54, 1.807) is 0 Å². The van der Waals surface area contributed by atoms with Crippen LogP contribution >= 0.6 is 0 Å². The highest BCUT2D eigenvalue weighted by Crippen LogP contribution is 2.16. The molecule has 0 radical (unpaired) electrons. The van der Waals surface area contributed by atoms with Gasteiger partial charge in [0.2, 0.25) is 5.91 Å². The van der Waals surface area contributed by atoms with Crippen molar-refractivity contribution in [3.63, 3.8) is 0 Å². The summed E-state index contributed by atoms with van der Waals surface area (Å²) in [5.41, 5.74) is 0.350. The number of nitrogens with zero attached hydrogens (tertiary/aromatic N) is 1. The standard InChI is InChI=1S/C12H12F3NO3/c1-16(7-12(13,14)15)10(17)6-8-3-2-4-9(5-8)11(18)19/h2-5H,6-7H2,1H3,(H,18,19). The molecule has 0 saturated heterocycles. The van der Waals surface area contributed by atoms with Crippen molar-refractivity contribution in [3.05, 3.63) is 35.4 Å². The molecule has 1 amide bonds. The third kappa shape index (κ3) is 4.99. The van der Waals surface area contributed by atoms with Crippen molar-refractivity contribution in [1.82, 2.24) is 4.90 Å². The van der Waals surface area contributed by atoms with Crippen molar-refractivity contribution < 1.29 is 27.9 Å². The number of rotatable bonds is 4. The smallest absolute Gasteiger partial charge is 0.406 e. The van der Waals surface area contributed by atoms with Gasteiger partial charge in [-0.2, -0.15) is 13.2 Å². The van der Waals surface area contributed by atoms with E-state index in [9.17, 15) is 22.8 Å². The van der Waals surface area contributed by atoms with Gasteiger partial charge in [-0.05, 0) is 17.7 Å². The maximum Gasteiger partial charge on any atom is 0.406 e. The zero-order valence-corrected chi connectivity index (χ0v) is 10.1. The molecule has 0 bridgehead atoms. The van der Waals surface area contributed by atoms with Gasteiger partial charge >= 0.3 is 12.1 Å². The summed E-state index contributed by atoms with van der Waals surface area (Å²) in [7, 11) is 1.05. The van der Waals surface area contributed by atoms with Gasteiger partial charge < -0.3 is 10.0 Å². The lowest BCUT2D eigenvalue weighted by atomic mass is 10.1. The minimum atomic E-state index is -4.45. The molecule has 0 aliphatic heterocycles. The first kappa shape index (κ1) is 15.0. The normalized spacial score (nSPS) is 11.2. The second-order valence-corrected chi connectivity index (χ2v) is 4.05. The molecule has 0 heterocycles. The van der Waals surface area contributed by atoms with Crippen molar-refractivity contribution in [1.29, 1.82) is 0 Å². The summed E-state index contributed by atoms with van der Waals surface area (Å²) in [4.78, 5) is 22.8. The summed E-state index contributed by atoms with van der Waals surface area (Å²) in [5.74, 6) is -1.88. The maximum absolute atomic E-state index is 12.1. The average Bonchev–Trinajstić information content (AvgIpc) is 2.27. The lowest BCUT2D eigenvalue weighted by molar-refractivity contribution is -0.157. The second-order valence-electron chi connectivity index (χ2n) is 4.05. The Balaban J connectivity index is 2.71. The molecule has 0 saturated carbocycles. The molecule has 1 aromatic rings. The van der Waals surface area contributed by atoms with Crippen molar-refractivity contribution in [3.8, 4) is 0 Å². The van der Waals surface area contributed by atoms with Gasteiger partial charge in [-0.1, -0.05) is 12.1 Å². The number of amides is 1. The Morgan fingerprint density at radius 1 is 1.32 bits per heavy atom. The molecule has 0 aromatic heterocycles. The number of carbonyl (C=O) groups is 2. The number of carbonyl (C=O) groups excluding carboxylic acids is 1. The first-order valence-corrected chi connectivity index (χ1v) is 5.32. The molecule has 1 rings (SSSR count). The lowest BCUT2D eigenvalue weighted by Gasteiger charge is -2.18. The predicted octanol–water partition coefficient (Wildman–Crippen LogP) is 1.95. The Kier molecular flexibility index (Phi) is 4.52. The molecular formula is C12H12F3NO3. The van der Waals surface area contributed by atoms with Crippen LogP contribution in [0.1, 0.15) is 15.9 Å². The largest absolute Gasteiger partial charge is 0.478 e. The van der Waals surface area contributed by atoms with Crippen molar-refractivity contribution in [2.24, 2.45) is 0 Å². The highest BCUT2D eigenvalue weighted by molar-refractivity contribution is 5.88. The van der Waals surface area contributed by atoms with Gasteiger partial charge in [0.1, 0.15) is 6.54 Å². The van der Waals surface area contributed by atoms with Crippen molar-refractivity contribution >= 4 is 11.9 Å². The SMILES string of the molecule is CN(CC(F)(F)F)C(=O)Cc1cccc(C(=O)O)c1. The zero-order valence-electron chi connectivity index (χ0n) is 10.1. The fraction of sp³-hybridized carbons (Fsp3) is 0.333. The van der Waals surface area contributed by atoms with Crippen LogP contribution < -0.4 is 0 Å². The molecule has 19 heavy (non-hydrogen) atoms. The molecule has 1 aromatic carbocycles. The Bertz CT molecular complexity index is 485. The van der Waals surface area contributed by atoms with Crippen LogP contribution in [0.2, 0.25) is 0 Å². The van der Waals surface area contributed by atoms with Gasteiger partial charge in [-0.25, -0.2) is 4.79 Å². The molecule has 4 nitrogen and oxygen atoms in total. The van der Waals surface area contributed by atoms with E-state index in [4.69, 9.17) is 5.11 Å². The van der Waals surface area contributed by atoms with Crippen LogP contribution in [0.4, 0.5) is 13.2 Å². The quantitative estimate of drug-likeness (QED) is 0.913. The first-order chi connectivity index (χ1) is 8.69. The van der Waals surface area contributed by atoms with Gasteiger partial charge in [-0.3, -0.25) is 4.79 Å². The summed E-state index contributed by atoms with van der Waals surface area (Å²) in [6.45, 7) is -1.33. The number of carboxylic acid groups (broad SMARTS) is 1. The molecular weight excluding hydrogens is 263 g/mol. The molecule has 0 spiro atoms. The maximum atomic E-state index is 12.1. The number of carboxylic acids is 1. The number of hydrogen-bond donors (Lipinski definition) is 1. The monoisotopic (exact) mass is 275 g/mol. The van der Waals surface area contributed by atoms with E-state index in [1.165, 1.54) is 24.3 Å². The third-order valence-electron chi connectivity index (χ3n) is 2.37. The third-order valence-corrected chi connectivity index (χ3v) is 2.37. The zero-order chi connectivity index (χ0) is 14.6. The topological polar surface area (TPSA) is 57.6 Å². The minimum absolute atomic E-state index is 0.0104. The van der Waals surface area contributed by atoms with Crippen LogP contribution in [0.3, 0.4) is 0 Å². The number of halogens is 3. The second kappa shape index (κ2) is 5.73. The number of likely N-dealkylation sites (N-methyl/N-ethyl adjacent to an activating group) is 1. The number of benzene rings is 1. The van der Waals surface area contributed by atoms with Crippen LogP contribution in [0.5, 0.6) is 0 Å². The Morgan fingerprint density at radius 2 is 1.95 bits per heavy atom. The highest BCUT2D eigenvalue weighted by atomic mass is 19.4. The molecule has 1 N–H and O–H groups in total. The van der Waals surface area contributed by atoms with E-state index >= 15 is 0 Å². The van der Waals surface area contributed by atoms with Gasteiger partial charge in [0.05, 0.1) is 12.0 Å². The summed E-state index contributed by atoms with van der Waals surface area (Å²) >= 11 is 0. The van der Waals surface area contributed by atoms with Gasteiger partial charge in [0.15, 0.2) is 0 Å². The summed E-state index contributed by atoms with van der Waals surface area (Å²) in [6, 6.07) is 5.54. The fourth-order valence-corrected chi connectivity index (χ4v) is 1.48. The lowest BCUT2D eigenvalue weighted by Crippen LogP contribution is -2.36. The van der Waals surface area contributed by atoms with Crippen LogP contribution in [-0.4, -0.2) is 41.7 Å². The predicted molar refractivity (Wildman–Crippen MR) is 60.8 cm³/mol. The summed E-state index contributed by atoms with van der Waals surface area (Å²) in [5, 5.41) is 8.76. The molecule has 0 unspecified atom stereocenters. The van der Waals surface area contributed by atoms with E-state index < -0.39 is 24.6 Å². The minimum Gasteiger partial charge on any atom is -0.478 e. The summed E-state index contributed by atoms with van der Waals surface area (Å²) in [6.07, 6.45) is -4.72. The fourth-order valence-electron chi connectivity index (χ4n) is 1.48. The van der Waals surface area contributed by atoms with E-state index in [-0.39, 0.29) is 12.0 Å². The molecule has 104 valence electrons. The van der Waals surface area contributed by atoms with E-state index in [0.29, 0.717) is 10.5 Å². The Morgan fingerprint density at radius 3 is 2.47 bits per heavy atom. The van der Waals surface area contributed by atoms with E-state index in [2.05, 4.69) is 0 Å². The van der Waals surface area contributed by atoms with Crippen LogP contribution in [0.25, 0.3) is 0 Å². The summed E-state index contributed by atoms with van der Waals surface area (Å²) < 4.78 is 36.3. The molecule has 0 aliphatic rings. The van der Waals surface area contributed by atoms with E-state index in [1.807, 2.05) is 0 Å². The number of hydrogen-bond acceptors (Lipinski definition) is 2. The van der Waals surface area contributed by atoms with Crippen LogP contribution in [0, 0.1) is 0 Å². The highest BCUT2D eigenvalue weighted by Gasteiger charge is 2.31. The molecule has 0 atom stereocenters. The van der Waals surface area contributed by atoms with Crippen LogP contribution in [0.15, 0.2) is 24.3 Å². The van der Waals surface area contributed by atoms with Gasteiger partial charge in [0.25, 0.3) is 0 Å². The van der Waals surface area contributed by atoms with Crippen molar-refractivity contribution in [2.75, 3.05) is 13.6 Å². The molecule has 7 heteroatoms. The Hall–Kier alpha value is -2.05. The Labute approximate surface area is 107 Å². The molecule has 0 aliphatic carbocycles. The van der Waals surface area contributed by atoms with E-state index in [0.717, 1.165) is 7.05 Å². The van der Waals surface area contributed by atoms with Gasteiger partial charge in [0, 0.05) is 7.05 Å². The van der Waals surface area contributed by atoms with Crippen molar-refractivity contribution in [2.45, 2.75) is 12.6 Å². The number of alkyl halides is 3. The molecule has 0 fully saturated rings. The van der Waals surface area contributed by atoms with Crippen LogP contribution in [-0.2, 0) is 11.2 Å². The average molecular weight is 275 g/mol. The number of aromatic carboxylic acids is 1. The first-order valence-electron chi connectivity index (χ1n) is 5.32. The van der Waals surface area contributed by atoms with Gasteiger partial charge in [-0.15, -0.1) is 0 Å².